The molecule has 6 heterocycles. The monoisotopic (exact) mass is 931 g/mol. The highest BCUT2D eigenvalue weighted by molar-refractivity contribution is 5.97. The first-order chi connectivity index (χ1) is 32.5. The number of nitrogens with one attached hydrogen (secondary N) is 2. The van der Waals surface area contributed by atoms with Crippen LogP contribution in [0.3, 0.4) is 0 Å². The number of benzene rings is 2. The van der Waals surface area contributed by atoms with Crippen LogP contribution in [0.2, 0.25) is 0 Å². The number of likely N-dealkylation sites (N-methyl/N-ethyl adjacent to an activating group) is 1. The number of pyridine rings is 1. The van der Waals surface area contributed by atoms with Crippen molar-refractivity contribution in [2.24, 2.45) is 17.3 Å². The molecule has 2 aromatic heterocycles. The number of rotatable bonds is 10. The lowest BCUT2D eigenvalue weighted by Crippen LogP contribution is -2.62. The van der Waals surface area contributed by atoms with Crippen molar-refractivity contribution in [2.45, 2.75) is 97.5 Å². The van der Waals surface area contributed by atoms with E-state index in [9.17, 15) is 29.1 Å². The normalized spacial score (nSPS) is 21.5. The fourth-order valence-corrected chi connectivity index (χ4v) is 10.5. The molecule has 68 heavy (non-hydrogen) atoms. The molecular weight excluding hydrogens is 865 g/mol. The van der Waals surface area contributed by atoms with Crippen LogP contribution in [0.15, 0.2) is 67.4 Å². The predicted molar refractivity (Wildman–Crippen MR) is 259 cm³/mol. The van der Waals surface area contributed by atoms with Gasteiger partial charge >= 0.3 is 5.97 Å². The summed E-state index contributed by atoms with van der Waals surface area (Å²) in [6.07, 6.45) is 5.13. The fraction of sp³-hybridized carbons (Fsp3) is 0.500. The van der Waals surface area contributed by atoms with E-state index < -0.39 is 47.2 Å². The van der Waals surface area contributed by atoms with Gasteiger partial charge in [-0.1, -0.05) is 46.4 Å². The van der Waals surface area contributed by atoms with Crippen molar-refractivity contribution in [1.29, 1.82) is 0 Å². The van der Waals surface area contributed by atoms with E-state index in [0.717, 1.165) is 57.8 Å². The Labute approximate surface area is 398 Å². The molecule has 3 N–H and O–H groups in total. The number of hydrogen-bond acceptors (Lipinski definition) is 11. The van der Waals surface area contributed by atoms with Gasteiger partial charge in [-0.3, -0.25) is 29.0 Å². The lowest BCUT2D eigenvalue weighted by molar-refractivity contribution is -0.155. The minimum absolute atomic E-state index is 0.00792. The molecular formula is C52H66N8O8. The zero-order valence-electron chi connectivity index (χ0n) is 40.4. The minimum atomic E-state index is -1.16. The Morgan fingerprint density at radius 2 is 1.85 bits per heavy atom. The summed E-state index contributed by atoms with van der Waals surface area (Å²) < 4.78 is 14.1. The van der Waals surface area contributed by atoms with Crippen LogP contribution in [0.1, 0.15) is 65.0 Å². The van der Waals surface area contributed by atoms with Gasteiger partial charge in [0.2, 0.25) is 17.7 Å². The molecule has 362 valence electrons. The van der Waals surface area contributed by atoms with E-state index in [1.807, 2.05) is 38.2 Å². The zero-order valence-corrected chi connectivity index (χ0v) is 40.4. The number of fused-ring (bicyclic) bond motifs is 6. The summed E-state index contributed by atoms with van der Waals surface area (Å²) in [6.45, 7) is 16.7. The van der Waals surface area contributed by atoms with Crippen LogP contribution in [0.25, 0.3) is 33.3 Å². The van der Waals surface area contributed by atoms with Gasteiger partial charge in [0.25, 0.3) is 5.91 Å². The average Bonchev–Trinajstić information content (AvgIpc) is 3.92. The number of phenols is 1. The van der Waals surface area contributed by atoms with Crippen molar-refractivity contribution in [3.8, 4) is 28.1 Å². The van der Waals surface area contributed by atoms with Gasteiger partial charge in [-0.05, 0) is 103 Å². The zero-order chi connectivity index (χ0) is 48.6. The molecule has 16 heteroatoms. The van der Waals surface area contributed by atoms with Gasteiger partial charge in [0, 0.05) is 87.9 Å². The number of hydrogen-bond donors (Lipinski definition) is 3. The molecule has 4 aliphatic heterocycles. The van der Waals surface area contributed by atoms with Crippen LogP contribution in [-0.4, -0.2) is 137 Å². The fourth-order valence-electron chi connectivity index (χ4n) is 10.5. The minimum Gasteiger partial charge on any atom is -0.508 e. The van der Waals surface area contributed by atoms with E-state index in [2.05, 4.69) is 65.8 Å². The smallest absolute Gasteiger partial charge is 0.324 e. The topological polar surface area (TPSA) is 179 Å². The molecule has 3 fully saturated rings. The molecule has 0 aliphatic carbocycles. The number of aryl methyl sites for hydroxylation is 1. The first-order valence-corrected chi connectivity index (χ1v) is 23.9. The first-order valence-electron chi connectivity index (χ1n) is 23.9. The summed E-state index contributed by atoms with van der Waals surface area (Å²) in [4.78, 5) is 79.7. The Kier molecular flexibility index (Phi) is 14.0. The van der Waals surface area contributed by atoms with E-state index in [4.69, 9.17) is 14.5 Å². The van der Waals surface area contributed by atoms with Crippen LogP contribution in [-0.2, 0) is 52.8 Å². The van der Waals surface area contributed by atoms with Crippen LogP contribution in [0, 0.1) is 17.3 Å². The third kappa shape index (κ3) is 9.70. The number of cyclic esters (lactones) is 1. The number of amides is 4. The molecule has 4 amide bonds. The van der Waals surface area contributed by atoms with Crippen molar-refractivity contribution >= 4 is 46.3 Å². The third-order valence-electron chi connectivity index (χ3n) is 14.1. The van der Waals surface area contributed by atoms with Crippen molar-refractivity contribution in [3.05, 3.63) is 78.5 Å². The molecule has 4 aromatic rings. The highest BCUT2D eigenvalue weighted by Gasteiger charge is 2.40. The van der Waals surface area contributed by atoms with Gasteiger partial charge < -0.3 is 39.2 Å². The predicted octanol–water partition coefficient (Wildman–Crippen LogP) is 5.10. The lowest BCUT2D eigenvalue weighted by atomic mass is 9.84. The van der Waals surface area contributed by atoms with E-state index in [1.165, 1.54) is 16.0 Å². The van der Waals surface area contributed by atoms with Gasteiger partial charge in [-0.15, -0.1) is 0 Å². The third-order valence-corrected chi connectivity index (χ3v) is 14.1. The maximum absolute atomic E-state index is 14.7. The summed E-state index contributed by atoms with van der Waals surface area (Å²) in [5, 5.41) is 16.8. The Bertz CT molecular complexity index is 2600. The average molecular weight is 931 g/mol. The highest BCUT2D eigenvalue weighted by atomic mass is 16.5. The number of aromatic nitrogens is 2. The lowest BCUT2D eigenvalue weighted by Gasteiger charge is -2.40. The number of anilines is 1. The number of likely N-dealkylation sites (tertiary alicyclic amines) is 1. The van der Waals surface area contributed by atoms with Crippen molar-refractivity contribution in [2.75, 3.05) is 58.4 Å². The van der Waals surface area contributed by atoms with Gasteiger partial charge in [-0.25, -0.2) is 10.4 Å². The number of carbonyl (C=O) groups excluding carboxylic acids is 5. The summed E-state index contributed by atoms with van der Waals surface area (Å²) in [5.41, 5.74) is 8.88. The maximum atomic E-state index is 14.7. The summed E-state index contributed by atoms with van der Waals surface area (Å²) in [6, 6.07) is 12.7. The van der Waals surface area contributed by atoms with E-state index in [1.54, 1.807) is 31.2 Å². The van der Waals surface area contributed by atoms with Crippen molar-refractivity contribution in [3.63, 3.8) is 0 Å². The molecule has 0 spiro atoms. The number of nitrogens with zero attached hydrogens (tertiary/aromatic N) is 6. The Hall–Kier alpha value is -6.26. The first kappa shape index (κ1) is 48.2. The van der Waals surface area contributed by atoms with Crippen LogP contribution < -0.4 is 15.6 Å². The molecule has 4 aliphatic rings. The second-order valence-electron chi connectivity index (χ2n) is 20.0. The molecule has 0 saturated carbocycles. The van der Waals surface area contributed by atoms with Gasteiger partial charge in [0.1, 0.15) is 29.7 Å². The van der Waals surface area contributed by atoms with Gasteiger partial charge in [-0.2, -0.15) is 0 Å². The Morgan fingerprint density at radius 1 is 1.07 bits per heavy atom. The molecule has 3 saturated heterocycles. The highest BCUT2D eigenvalue weighted by Crippen LogP contribution is 2.43. The molecule has 2 aromatic carbocycles. The standard InChI is InChI=1S/C52H66N8O8/c1-9-44(62)57-20-17-34(27-57)49(64)56(7)45(31(3)4)48(63)54-42-23-32-21-35(24-36(61)22-32)33-15-16-43-39(25-33)40(26-52(5,6)30-68-51(66)41-14-12-19-60(55-41)50(42)65)46(59(43)10-2)38-13-11-18-53-47(38)58-28-37(29-58)67-8/h9,11,13,15-16,18,21-22,24-25,31,34,37,41-42,45,55,61H,1,10,12,14,17,19-20,23,26-30H2,2-8H3,(H,54,63)/t34-,41-,42-,45?/m0/s1. The van der Waals surface area contributed by atoms with Gasteiger partial charge in [0.05, 0.1) is 24.3 Å². The Morgan fingerprint density at radius 3 is 2.57 bits per heavy atom. The Balaban J connectivity index is 1.19. The number of phenolic OH excluding ortho intramolecular Hbond substituents is 1. The van der Waals surface area contributed by atoms with E-state index >= 15 is 0 Å². The van der Waals surface area contributed by atoms with Crippen molar-refractivity contribution < 1.29 is 38.6 Å². The molecule has 4 atom stereocenters. The van der Waals surface area contributed by atoms with Crippen LogP contribution in [0.5, 0.6) is 5.75 Å². The van der Waals surface area contributed by atoms with Crippen molar-refractivity contribution in [1.82, 2.24) is 35.1 Å². The molecule has 1 unspecified atom stereocenters. The largest absolute Gasteiger partial charge is 0.508 e. The molecule has 16 nitrogen and oxygen atoms in total. The quantitative estimate of drug-likeness (QED) is 0.143. The number of esters is 1. The maximum Gasteiger partial charge on any atom is 0.324 e. The number of aromatic hydroxyl groups is 1. The number of carbonyl (C=O) groups is 5. The number of ether oxygens (including phenoxy) is 2. The van der Waals surface area contributed by atoms with Crippen LogP contribution in [0.4, 0.5) is 5.82 Å². The summed E-state index contributed by atoms with van der Waals surface area (Å²) in [5.74, 6) is -1.97. The molecule has 8 rings (SSSR count). The van der Waals surface area contributed by atoms with E-state index in [-0.39, 0.29) is 55.7 Å². The summed E-state index contributed by atoms with van der Waals surface area (Å²) >= 11 is 0. The van der Waals surface area contributed by atoms with Crippen LogP contribution >= 0.6 is 0 Å². The molecule has 0 radical (unpaired) electrons. The number of hydrazine groups is 1. The summed E-state index contributed by atoms with van der Waals surface area (Å²) in [7, 11) is 3.31. The molecule has 6 bridgehead atoms. The van der Waals surface area contributed by atoms with Gasteiger partial charge in [0.15, 0.2) is 0 Å². The second kappa shape index (κ2) is 19.8. The SMILES string of the molecule is C=CC(=O)N1CC[C@H](C(=O)N(C)C(C(=O)N[C@H]2Cc3cc(O)cc(c3)-c3ccc4c(c3)c(c(-c3cccnc3N3CC(OC)C3)n4CC)CC(C)(C)COC(=O)[C@@H]3CCCN(N3)C2=O)C(C)C)C1. The second-order valence-corrected chi connectivity index (χ2v) is 20.0. The number of methoxy groups -OCH3 is 1. The van der Waals surface area contributed by atoms with E-state index in [0.29, 0.717) is 44.3 Å².